The van der Waals surface area contributed by atoms with Gasteiger partial charge in [0.15, 0.2) is 5.82 Å². The van der Waals surface area contributed by atoms with E-state index >= 15 is 0 Å². The molecule has 1 N–H and O–H groups in total. The van der Waals surface area contributed by atoms with Gasteiger partial charge in [-0.2, -0.15) is 4.68 Å². The Kier molecular flexibility index (Phi) is 3.92. The Hall–Kier alpha value is -2.28. The van der Waals surface area contributed by atoms with Crippen molar-refractivity contribution in [3.8, 4) is 5.69 Å². The number of rotatable bonds is 4. The van der Waals surface area contributed by atoms with Crippen molar-refractivity contribution in [3.63, 3.8) is 0 Å². The number of aromatic nitrogens is 4. The van der Waals surface area contributed by atoms with E-state index in [0.717, 1.165) is 25.1 Å². The smallest absolute Gasteiger partial charge is 0.320 e. The second kappa shape index (κ2) is 6.01. The average Bonchev–Trinajstić information content (AvgIpc) is 2.96. The van der Waals surface area contributed by atoms with Gasteiger partial charge in [-0.1, -0.05) is 24.6 Å². The highest BCUT2D eigenvalue weighted by atomic mass is 16.4. The molecule has 21 heavy (non-hydrogen) atoms. The predicted octanol–water partition coefficient (Wildman–Crippen LogP) is 1.10. The van der Waals surface area contributed by atoms with Gasteiger partial charge in [0.1, 0.15) is 6.04 Å². The molecule has 0 bridgehead atoms. The fraction of sp³-hybridized carbons (Fsp3) is 0.429. The van der Waals surface area contributed by atoms with Crippen molar-refractivity contribution in [2.24, 2.45) is 0 Å². The number of piperidine rings is 1. The molecule has 0 saturated carbocycles. The van der Waals surface area contributed by atoms with Crippen molar-refractivity contribution in [2.75, 3.05) is 6.54 Å². The van der Waals surface area contributed by atoms with E-state index in [1.807, 2.05) is 35.2 Å². The highest BCUT2D eigenvalue weighted by molar-refractivity contribution is 5.73. The van der Waals surface area contributed by atoms with Crippen LogP contribution in [0.4, 0.5) is 0 Å². The van der Waals surface area contributed by atoms with Gasteiger partial charge in [0.2, 0.25) is 0 Å². The van der Waals surface area contributed by atoms with Crippen molar-refractivity contribution in [3.05, 3.63) is 36.2 Å². The second-order valence-electron chi connectivity index (χ2n) is 5.16. The monoisotopic (exact) mass is 287 g/mol. The van der Waals surface area contributed by atoms with E-state index in [1.54, 1.807) is 4.68 Å². The summed E-state index contributed by atoms with van der Waals surface area (Å²) in [5.74, 6) is -0.109. The largest absolute Gasteiger partial charge is 0.480 e. The van der Waals surface area contributed by atoms with E-state index in [4.69, 9.17) is 0 Å². The molecule has 0 aliphatic carbocycles. The number of para-hydroxylation sites is 1. The minimum absolute atomic E-state index is 0.443. The summed E-state index contributed by atoms with van der Waals surface area (Å²) < 4.78 is 1.66. The van der Waals surface area contributed by atoms with E-state index in [1.165, 1.54) is 0 Å². The topological polar surface area (TPSA) is 84.1 Å². The highest BCUT2D eigenvalue weighted by Gasteiger charge is 2.29. The summed E-state index contributed by atoms with van der Waals surface area (Å²) in [7, 11) is 0. The quantitative estimate of drug-likeness (QED) is 0.906. The first kappa shape index (κ1) is 13.7. The maximum absolute atomic E-state index is 11.3. The maximum atomic E-state index is 11.3. The molecule has 1 aromatic heterocycles. The first-order valence-corrected chi connectivity index (χ1v) is 7.05. The molecule has 1 aliphatic heterocycles. The number of tetrazole rings is 1. The van der Waals surface area contributed by atoms with E-state index in [9.17, 15) is 9.90 Å². The van der Waals surface area contributed by atoms with Gasteiger partial charge in [0, 0.05) is 0 Å². The molecule has 2 aromatic rings. The molecule has 7 heteroatoms. The van der Waals surface area contributed by atoms with Gasteiger partial charge in [-0.3, -0.25) is 9.69 Å². The minimum atomic E-state index is -0.770. The molecule has 110 valence electrons. The van der Waals surface area contributed by atoms with Crippen LogP contribution in [0.5, 0.6) is 0 Å². The molecular formula is C14H17N5O2. The van der Waals surface area contributed by atoms with Crippen molar-refractivity contribution < 1.29 is 9.90 Å². The molecule has 0 amide bonds. The van der Waals surface area contributed by atoms with Crippen LogP contribution >= 0.6 is 0 Å². The zero-order valence-electron chi connectivity index (χ0n) is 11.6. The maximum Gasteiger partial charge on any atom is 0.320 e. The summed E-state index contributed by atoms with van der Waals surface area (Å²) in [5, 5.41) is 21.1. The summed E-state index contributed by atoms with van der Waals surface area (Å²) in [6, 6.07) is 9.16. The summed E-state index contributed by atoms with van der Waals surface area (Å²) in [4.78, 5) is 13.3. The normalized spacial score (nSPS) is 19.5. The molecule has 3 rings (SSSR count). The van der Waals surface area contributed by atoms with Gasteiger partial charge < -0.3 is 5.11 Å². The van der Waals surface area contributed by atoms with E-state index in [2.05, 4.69) is 15.5 Å². The molecule has 7 nitrogen and oxygen atoms in total. The van der Waals surface area contributed by atoms with Crippen LogP contribution in [0.3, 0.4) is 0 Å². The zero-order chi connectivity index (χ0) is 14.7. The standard InChI is InChI=1S/C14H17N5O2/c20-14(21)12-8-4-5-9-18(12)10-13-15-16-17-19(13)11-6-2-1-3-7-11/h1-3,6-7,12H,4-5,8-10H2,(H,20,21)/t12-/m1/s1. The lowest BCUT2D eigenvalue weighted by Gasteiger charge is -2.32. The van der Waals surface area contributed by atoms with Gasteiger partial charge in [-0.15, -0.1) is 5.10 Å². The summed E-state index contributed by atoms with van der Waals surface area (Å²) in [6.07, 6.45) is 2.65. The van der Waals surface area contributed by atoms with Gasteiger partial charge in [-0.05, 0) is 41.9 Å². The van der Waals surface area contributed by atoms with Gasteiger partial charge in [0.05, 0.1) is 12.2 Å². The van der Waals surface area contributed by atoms with Gasteiger partial charge >= 0.3 is 5.97 Å². The molecule has 0 unspecified atom stereocenters. The minimum Gasteiger partial charge on any atom is -0.480 e. The van der Waals surface area contributed by atoms with Crippen LogP contribution < -0.4 is 0 Å². The van der Waals surface area contributed by atoms with Crippen molar-refractivity contribution in [1.82, 2.24) is 25.1 Å². The third-order valence-corrected chi connectivity index (χ3v) is 3.78. The first-order valence-electron chi connectivity index (χ1n) is 7.05. The number of hydrogen-bond acceptors (Lipinski definition) is 5. The van der Waals surface area contributed by atoms with Gasteiger partial charge in [0.25, 0.3) is 0 Å². The van der Waals surface area contributed by atoms with Crippen LogP contribution in [0.25, 0.3) is 5.69 Å². The number of aliphatic carboxylic acids is 1. The lowest BCUT2D eigenvalue weighted by molar-refractivity contribution is -0.144. The number of likely N-dealkylation sites (tertiary alicyclic amines) is 1. The van der Waals surface area contributed by atoms with Crippen molar-refractivity contribution in [2.45, 2.75) is 31.8 Å². The van der Waals surface area contributed by atoms with Crippen LogP contribution in [0.1, 0.15) is 25.1 Å². The number of carbonyl (C=O) groups is 1. The van der Waals surface area contributed by atoms with Crippen LogP contribution in [0, 0.1) is 0 Å². The van der Waals surface area contributed by atoms with Crippen LogP contribution in [0.2, 0.25) is 0 Å². The highest BCUT2D eigenvalue weighted by Crippen LogP contribution is 2.19. The molecule has 2 heterocycles. The number of carboxylic acid groups (broad SMARTS) is 1. The van der Waals surface area contributed by atoms with E-state index in [0.29, 0.717) is 18.8 Å². The Balaban J connectivity index is 1.82. The lowest BCUT2D eigenvalue weighted by atomic mass is 10.0. The molecule has 1 fully saturated rings. The molecule has 1 aliphatic rings. The van der Waals surface area contributed by atoms with Crippen LogP contribution in [0.15, 0.2) is 30.3 Å². The third-order valence-electron chi connectivity index (χ3n) is 3.78. The molecule has 0 spiro atoms. The molecule has 0 radical (unpaired) electrons. The van der Waals surface area contributed by atoms with Crippen molar-refractivity contribution in [1.29, 1.82) is 0 Å². The Morgan fingerprint density at radius 3 is 2.86 bits per heavy atom. The summed E-state index contributed by atoms with van der Waals surface area (Å²) >= 11 is 0. The SMILES string of the molecule is O=C(O)[C@H]1CCCCN1Cc1nnnn1-c1ccccc1. The van der Waals surface area contributed by atoms with Crippen molar-refractivity contribution >= 4 is 5.97 Å². The Labute approximate surface area is 122 Å². The summed E-state index contributed by atoms with van der Waals surface area (Å²) in [6.45, 7) is 1.21. The molecule has 1 saturated heterocycles. The fourth-order valence-electron chi connectivity index (χ4n) is 2.72. The van der Waals surface area contributed by atoms with Gasteiger partial charge in [-0.25, -0.2) is 0 Å². The fourth-order valence-corrected chi connectivity index (χ4v) is 2.72. The lowest BCUT2D eigenvalue weighted by Crippen LogP contribution is -2.44. The van der Waals surface area contributed by atoms with Crippen LogP contribution in [-0.4, -0.2) is 48.8 Å². The molecular weight excluding hydrogens is 270 g/mol. The number of carboxylic acids is 1. The number of nitrogens with zero attached hydrogens (tertiary/aromatic N) is 5. The van der Waals surface area contributed by atoms with E-state index < -0.39 is 12.0 Å². The Morgan fingerprint density at radius 1 is 1.29 bits per heavy atom. The zero-order valence-corrected chi connectivity index (χ0v) is 11.6. The number of benzene rings is 1. The van der Waals surface area contributed by atoms with E-state index in [-0.39, 0.29) is 0 Å². The third kappa shape index (κ3) is 2.92. The molecule has 1 aromatic carbocycles. The second-order valence-corrected chi connectivity index (χ2v) is 5.16. The Bertz CT molecular complexity index is 613. The van der Waals surface area contributed by atoms with Crippen LogP contribution in [-0.2, 0) is 11.3 Å². The average molecular weight is 287 g/mol. The number of hydrogen-bond donors (Lipinski definition) is 1. The first-order chi connectivity index (χ1) is 10.3. The predicted molar refractivity (Wildman–Crippen MR) is 74.8 cm³/mol. The Morgan fingerprint density at radius 2 is 2.10 bits per heavy atom. The molecule has 1 atom stereocenters. The summed E-state index contributed by atoms with van der Waals surface area (Å²) in [5.41, 5.74) is 0.876.